The van der Waals surface area contributed by atoms with Crippen molar-refractivity contribution in [2.75, 3.05) is 0 Å². The first-order chi connectivity index (χ1) is 7.32. The number of carbonyl (C=O) groups excluding carboxylic acids is 1. The van der Waals surface area contributed by atoms with Crippen molar-refractivity contribution >= 4 is 5.91 Å². The highest BCUT2D eigenvalue weighted by Crippen LogP contribution is 2.19. The van der Waals surface area contributed by atoms with Crippen LogP contribution in [0.25, 0.3) is 0 Å². The Morgan fingerprint density at radius 1 is 1.50 bits per heavy atom. The van der Waals surface area contributed by atoms with Gasteiger partial charge in [0.05, 0.1) is 18.3 Å². The van der Waals surface area contributed by atoms with Crippen LogP contribution in [-0.2, 0) is 4.79 Å². The van der Waals surface area contributed by atoms with Gasteiger partial charge >= 0.3 is 0 Å². The summed E-state index contributed by atoms with van der Waals surface area (Å²) in [4.78, 5) is 11.8. The number of carbonyl (C=O) groups is 1. The lowest BCUT2D eigenvalue weighted by molar-refractivity contribution is -0.125. The maximum atomic E-state index is 11.8. The van der Waals surface area contributed by atoms with Crippen LogP contribution in [0.4, 0.5) is 0 Å². The van der Waals surface area contributed by atoms with Crippen molar-refractivity contribution in [1.29, 1.82) is 0 Å². The minimum atomic E-state index is -0.523. The molecule has 0 unspecified atom stereocenters. The van der Waals surface area contributed by atoms with E-state index in [2.05, 4.69) is 5.32 Å². The van der Waals surface area contributed by atoms with E-state index in [1.807, 2.05) is 33.8 Å². The second-order valence-electron chi connectivity index (χ2n) is 5.09. The minimum Gasteiger partial charge on any atom is -0.467 e. The average Bonchev–Trinajstić information content (AvgIpc) is 2.67. The van der Waals surface area contributed by atoms with Gasteiger partial charge in [0, 0.05) is 0 Å². The molecule has 0 bridgehead atoms. The fraction of sp³-hybridized carbons (Fsp3) is 0.583. The van der Waals surface area contributed by atoms with Crippen LogP contribution in [0, 0.1) is 5.41 Å². The summed E-state index contributed by atoms with van der Waals surface area (Å²) in [5, 5.41) is 2.83. The zero-order valence-electron chi connectivity index (χ0n) is 10.3. The van der Waals surface area contributed by atoms with E-state index in [0.29, 0.717) is 0 Å². The van der Waals surface area contributed by atoms with Crippen LogP contribution in [0.1, 0.15) is 39.5 Å². The minimum absolute atomic E-state index is 0.156. The largest absolute Gasteiger partial charge is 0.467 e. The molecule has 0 radical (unpaired) electrons. The Balaban J connectivity index is 2.59. The molecule has 1 aromatic rings. The van der Waals surface area contributed by atoms with E-state index in [0.717, 1.165) is 5.76 Å². The number of furan rings is 1. The number of nitrogens with two attached hydrogens (primary N) is 1. The standard InChI is InChI=1S/C12H20N2O2/c1-8(9-6-5-7-16-9)14-11(15)10(13)12(2,3)4/h5-8,10H,13H2,1-4H3,(H,14,15)/t8-,10+/m0/s1. The van der Waals surface area contributed by atoms with Crippen molar-refractivity contribution in [3.05, 3.63) is 24.2 Å². The Labute approximate surface area is 96.2 Å². The van der Waals surface area contributed by atoms with E-state index in [1.54, 1.807) is 12.3 Å². The third kappa shape index (κ3) is 3.10. The maximum absolute atomic E-state index is 11.8. The molecule has 1 rings (SSSR count). The van der Waals surface area contributed by atoms with Gasteiger partial charge in [-0.15, -0.1) is 0 Å². The Hall–Kier alpha value is -1.29. The molecule has 0 saturated heterocycles. The normalized spacial score (nSPS) is 15.6. The number of hydrogen-bond acceptors (Lipinski definition) is 3. The second kappa shape index (κ2) is 4.70. The average molecular weight is 224 g/mol. The van der Waals surface area contributed by atoms with E-state index in [4.69, 9.17) is 10.2 Å². The lowest BCUT2D eigenvalue weighted by atomic mass is 9.87. The van der Waals surface area contributed by atoms with Gasteiger partial charge in [0.2, 0.25) is 5.91 Å². The quantitative estimate of drug-likeness (QED) is 0.823. The molecule has 0 saturated carbocycles. The lowest BCUT2D eigenvalue weighted by Crippen LogP contribution is -2.49. The molecule has 0 spiro atoms. The van der Waals surface area contributed by atoms with Gasteiger partial charge in [-0.2, -0.15) is 0 Å². The van der Waals surface area contributed by atoms with Crippen molar-refractivity contribution in [1.82, 2.24) is 5.32 Å². The van der Waals surface area contributed by atoms with Gasteiger partial charge in [0.1, 0.15) is 5.76 Å². The summed E-state index contributed by atoms with van der Waals surface area (Å²) in [7, 11) is 0. The molecule has 4 heteroatoms. The van der Waals surface area contributed by atoms with Crippen molar-refractivity contribution in [3.8, 4) is 0 Å². The fourth-order valence-electron chi connectivity index (χ4n) is 1.31. The topological polar surface area (TPSA) is 68.3 Å². The van der Waals surface area contributed by atoms with Crippen LogP contribution in [0.3, 0.4) is 0 Å². The molecule has 0 fully saturated rings. The van der Waals surface area contributed by atoms with Gasteiger partial charge in [-0.25, -0.2) is 0 Å². The van der Waals surface area contributed by atoms with Crippen LogP contribution >= 0.6 is 0 Å². The molecule has 1 amide bonds. The SMILES string of the molecule is C[C@H](NC(=O)[C@@H](N)C(C)(C)C)c1ccco1. The monoisotopic (exact) mass is 224 g/mol. The lowest BCUT2D eigenvalue weighted by Gasteiger charge is -2.27. The van der Waals surface area contributed by atoms with Gasteiger partial charge in [-0.05, 0) is 24.5 Å². The van der Waals surface area contributed by atoms with Crippen molar-refractivity contribution in [2.45, 2.75) is 39.8 Å². The Morgan fingerprint density at radius 3 is 2.56 bits per heavy atom. The maximum Gasteiger partial charge on any atom is 0.238 e. The highest BCUT2D eigenvalue weighted by Gasteiger charge is 2.28. The van der Waals surface area contributed by atoms with Crippen molar-refractivity contribution in [3.63, 3.8) is 0 Å². The fourth-order valence-corrected chi connectivity index (χ4v) is 1.31. The van der Waals surface area contributed by atoms with Crippen molar-refractivity contribution < 1.29 is 9.21 Å². The molecule has 0 aliphatic carbocycles. The first-order valence-corrected chi connectivity index (χ1v) is 5.41. The van der Waals surface area contributed by atoms with E-state index < -0.39 is 6.04 Å². The summed E-state index contributed by atoms with van der Waals surface area (Å²) in [6.07, 6.45) is 1.58. The molecule has 90 valence electrons. The van der Waals surface area contributed by atoms with E-state index in [9.17, 15) is 4.79 Å². The number of rotatable bonds is 3. The summed E-state index contributed by atoms with van der Waals surface area (Å²) in [5.74, 6) is 0.575. The van der Waals surface area contributed by atoms with Crippen LogP contribution in [-0.4, -0.2) is 11.9 Å². The molecule has 4 nitrogen and oxygen atoms in total. The van der Waals surface area contributed by atoms with Crippen LogP contribution in [0.5, 0.6) is 0 Å². The molecule has 0 aliphatic rings. The first kappa shape index (κ1) is 12.8. The van der Waals surface area contributed by atoms with Crippen LogP contribution in [0.2, 0.25) is 0 Å². The third-order valence-corrected chi connectivity index (χ3v) is 2.54. The molecular formula is C12H20N2O2. The molecule has 0 aliphatic heterocycles. The highest BCUT2D eigenvalue weighted by atomic mass is 16.3. The van der Waals surface area contributed by atoms with Crippen LogP contribution < -0.4 is 11.1 Å². The van der Waals surface area contributed by atoms with Gasteiger partial charge in [-0.1, -0.05) is 20.8 Å². The number of nitrogens with one attached hydrogen (secondary N) is 1. The number of amides is 1. The van der Waals surface area contributed by atoms with Gasteiger partial charge < -0.3 is 15.5 Å². The highest BCUT2D eigenvalue weighted by molar-refractivity contribution is 5.82. The molecule has 3 N–H and O–H groups in total. The summed E-state index contributed by atoms with van der Waals surface area (Å²) in [5.41, 5.74) is 5.61. The molecule has 1 aromatic heterocycles. The van der Waals surface area contributed by atoms with Crippen LogP contribution in [0.15, 0.2) is 22.8 Å². The predicted octanol–water partition coefficient (Wildman–Crippen LogP) is 1.83. The van der Waals surface area contributed by atoms with E-state index in [-0.39, 0.29) is 17.4 Å². The number of hydrogen-bond donors (Lipinski definition) is 2. The summed E-state index contributed by atoms with van der Waals surface area (Å²) < 4.78 is 5.21. The summed E-state index contributed by atoms with van der Waals surface area (Å²) in [6.45, 7) is 7.69. The first-order valence-electron chi connectivity index (χ1n) is 5.41. The van der Waals surface area contributed by atoms with Crippen molar-refractivity contribution in [2.24, 2.45) is 11.1 Å². The molecular weight excluding hydrogens is 204 g/mol. The smallest absolute Gasteiger partial charge is 0.238 e. The Kier molecular flexibility index (Phi) is 3.75. The molecule has 16 heavy (non-hydrogen) atoms. The van der Waals surface area contributed by atoms with E-state index >= 15 is 0 Å². The Bertz CT molecular complexity index is 338. The molecule has 0 aromatic carbocycles. The molecule has 1 heterocycles. The zero-order chi connectivity index (χ0) is 12.3. The Morgan fingerprint density at radius 2 is 2.12 bits per heavy atom. The van der Waals surface area contributed by atoms with E-state index in [1.165, 1.54) is 0 Å². The predicted molar refractivity (Wildman–Crippen MR) is 62.7 cm³/mol. The van der Waals surface area contributed by atoms with Gasteiger partial charge in [0.25, 0.3) is 0 Å². The summed E-state index contributed by atoms with van der Waals surface area (Å²) >= 11 is 0. The summed E-state index contributed by atoms with van der Waals surface area (Å²) in [6, 6.07) is 2.94. The van der Waals surface area contributed by atoms with Gasteiger partial charge in [0.15, 0.2) is 0 Å². The molecule has 2 atom stereocenters. The second-order valence-corrected chi connectivity index (χ2v) is 5.09. The zero-order valence-corrected chi connectivity index (χ0v) is 10.3. The third-order valence-electron chi connectivity index (χ3n) is 2.54. The van der Waals surface area contributed by atoms with Gasteiger partial charge in [-0.3, -0.25) is 4.79 Å².